The van der Waals surface area contributed by atoms with Crippen molar-refractivity contribution >= 4 is 46.8 Å². The van der Waals surface area contributed by atoms with Gasteiger partial charge in [0.1, 0.15) is 24.4 Å². The number of nitrogens with two attached hydrogens (primary N) is 1. The van der Waals surface area contributed by atoms with E-state index in [4.69, 9.17) is 22.1 Å². The van der Waals surface area contributed by atoms with Crippen LogP contribution in [0.25, 0.3) is 0 Å². The van der Waals surface area contributed by atoms with Crippen LogP contribution in [0.5, 0.6) is 5.75 Å². The molecule has 0 saturated carbocycles. The minimum Gasteiger partial charge on any atom is -0.490 e. The van der Waals surface area contributed by atoms with Crippen molar-refractivity contribution in [3.05, 3.63) is 58.1 Å². The summed E-state index contributed by atoms with van der Waals surface area (Å²) in [5.41, 5.74) is 8.90. The van der Waals surface area contributed by atoms with Gasteiger partial charge in [0.2, 0.25) is 29.5 Å². The molecule has 5 N–H and O–H groups in total. The molecule has 288 valence electrons. The van der Waals surface area contributed by atoms with Crippen LogP contribution in [0.15, 0.2) is 36.4 Å². The molecule has 3 aliphatic heterocycles. The van der Waals surface area contributed by atoms with E-state index in [9.17, 15) is 29.1 Å². The Morgan fingerprint density at radius 2 is 1.81 bits per heavy atom. The van der Waals surface area contributed by atoms with Crippen molar-refractivity contribution < 1.29 is 33.8 Å². The van der Waals surface area contributed by atoms with Crippen LogP contribution in [0.3, 0.4) is 0 Å². The number of unbranched alkanes of at least 4 members (excludes halogenated alkanes) is 2. The fourth-order valence-corrected chi connectivity index (χ4v) is 7.62. The van der Waals surface area contributed by atoms with E-state index in [1.807, 2.05) is 51.1 Å². The van der Waals surface area contributed by atoms with E-state index >= 15 is 0 Å². The van der Waals surface area contributed by atoms with Gasteiger partial charge in [0, 0.05) is 38.8 Å². The Morgan fingerprint density at radius 3 is 2.53 bits per heavy atom. The summed E-state index contributed by atoms with van der Waals surface area (Å²) in [6.45, 7) is 6.60. The van der Waals surface area contributed by atoms with Gasteiger partial charge in [0.25, 0.3) is 0 Å². The van der Waals surface area contributed by atoms with Crippen LogP contribution < -0.4 is 26.0 Å². The number of β-amino-alcohol motifs (C(OH)–C–C–N with tert-alkyl or cyclic N) is 1. The van der Waals surface area contributed by atoms with Crippen molar-refractivity contribution in [2.75, 3.05) is 24.6 Å². The molecule has 12 nitrogen and oxygen atoms in total. The second kappa shape index (κ2) is 17.8. The smallest absolute Gasteiger partial charge is 0.245 e. The number of ether oxygens (including phenoxy) is 1. The molecular weight excluding hydrogens is 698 g/mol. The molecule has 4 atom stereocenters. The number of hydrogen-bond donors (Lipinski definition) is 4. The second-order valence-electron chi connectivity index (χ2n) is 15.7. The number of hydrogen-bond acceptors (Lipinski definition) is 7. The third-order valence-electron chi connectivity index (χ3n) is 10.4. The summed E-state index contributed by atoms with van der Waals surface area (Å²) in [7, 11) is 0. The summed E-state index contributed by atoms with van der Waals surface area (Å²) in [6.07, 6.45) is 5.97. The summed E-state index contributed by atoms with van der Waals surface area (Å²) in [6, 6.07) is 9.60. The number of aliphatic hydroxyl groups excluding tert-OH is 1. The highest BCUT2D eigenvalue weighted by molar-refractivity contribution is 6.32. The molecule has 0 unspecified atom stereocenters. The van der Waals surface area contributed by atoms with E-state index in [1.165, 1.54) is 0 Å². The highest BCUT2D eigenvalue weighted by Gasteiger charge is 2.41. The summed E-state index contributed by atoms with van der Waals surface area (Å²) >= 11 is 6.51. The minimum absolute atomic E-state index is 0.0482. The molecule has 0 aliphatic carbocycles. The summed E-state index contributed by atoms with van der Waals surface area (Å²) in [5, 5.41) is 16.2. The Bertz CT molecular complexity index is 1680. The number of likely N-dealkylation sites (tertiary alicyclic amines) is 1. The number of rotatable bonds is 16. The number of nitrogens with zero attached hydrogens (tertiary/aromatic N) is 2. The number of amides is 5. The Hall–Kier alpha value is -4.16. The topological polar surface area (TPSA) is 171 Å². The first kappa shape index (κ1) is 40.0. The molecule has 3 aliphatic rings. The highest BCUT2D eigenvalue weighted by Crippen LogP contribution is 2.39. The van der Waals surface area contributed by atoms with Crippen LogP contribution in [-0.2, 0) is 43.2 Å². The van der Waals surface area contributed by atoms with E-state index in [1.54, 1.807) is 15.9 Å². The van der Waals surface area contributed by atoms with Gasteiger partial charge in [-0.1, -0.05) is 63.1 Å². The van der Waals surface area contributed by atoms with E-state index in [0.717, 1.165) is 54.5 Å². The summed E-state index contributed by atoms with van der Waals surface area (Å²) < 4.78 is 6.13. The molecule has 0 bridgehead atoms. The molecule has 1 saturated heterocycles. The van der Waals surface area contributed by atoms with Gasteiger partial charge in [-0.3, -0.25) is 28.9 Å². The maximum absolute atomic E-state index is 13.7. The number of carbonyl (C=O) groups excluding carboxylic acids is 5. The van der Waals surface area contributed by atoms with Gasteiger partial charge in [0.15, 0.2) is 0 Å². The van der Waals surface area contributed by atoms with Crippen molar-refractivity contribution in [1.82, 2.24) is 15.5 Å². The lowest BCUT2D eigenvalue weighted by Crippen LogP contribution is -2.54. The van der Waals surface area contributed by atoms with E-state index < -0.39 is 35.6 Å². The van der Waals surface area contributed by atoms with Gasteiger partial charge in [-0.15, -0.1) is 0 Å². The lowest BCUT2D eigenvalue weighted by Gasteiger charge is -2.33. The lowest BCUT2D eigenvalue weighted by atomic mass is 9.85. The van der Waals surface area contributed by atoms with Crippen molar-refractivity contribution in [1.29, 1.82) is 0 Å². The van der Waals surface area contributed by atoms with Crippen LogP contribution in [0.4, 0.5) is 5.69 Å². The highest BCUT2D eigenvalue weighted by atomic mass is 35.5. The molecule has 5 amide bonds. The fourth-order valence-electron chi connectivity index (χ4n) is 7.45. The van der Waals surface area contributed by atoms with Crippen LogP contribution in [0, 0.1) is 5.41 Å². The maximum Gasteiger partial charge on any atom is 0.245 e. The number of anilines is 1. The van der Waals surface area contributed by atoms with E-state index in [2.05, 4.69) is 10.6 Å². The van der Waals surface area contributed by atoms with Crippen molar-refractivity contribution in [3.63, 3.8) is 0 Å². The number of aryl methyl sites for hydroxylation is 2. The van der Waals surface area contributed by atoms with Crippen LogP contribution in [-0.4, -0.2) is 83.5 Å². The molecular formula is C40H54ClN5O7. The maximum atomic E-state index is 13.7. The number of carbonyl (C=O) groups is 5. The molecule has 13 heteroatoms. The molecule has 1 fully saturated rings. The monoisotopic (exact) mass is 751 g/mol. The van der Waals surface area contributed by atoms with Gasteiger partial charge in [-0.25, -0.2) is 0 Å². The molecule has 2 aromatic rings. The third kappa shape index (κ3) is 10.5. The Morgan fingerprint density at radius 1 is 1.04 bits per heavy atom. The number of halogens is 1. The zero-order valence-corrected chi connectivity index (χ0v) is 31.9. The largest absolute Gasteiger partial charge is 0.490 e. The molecule has 0 spiro atoms. The molecule has 53 heavy (non-hydrogen) atoms. The van der Waals surface area contributed by atoms with Gasteiger partial charge in [-0.2, -0.15) is 0 Å². The zero-order chi connectivity index (χ0) is 38.3. The lowest BCUT2D eigenvalue weighted by molar-refractivity contribution is -0.138. The Kier molecular flexibility index (Phi) is 13.4. The SMILES string of the molecule is CC(C)(C)[C@H](NC(=O)CCCCCc1ccc(Cl)c(OC[C@H](CCC(N)=O)NC(=O)[C@@H]2Cc3cccc4c3N2C(=O)CCC4)c1)C(=O)N1CC[C@@H](O)C1. The standard InChI is InChI=1S/C40H54ClN5O7/c1-40(2,3)37(39(52)45-20-19-29(47)23-45)44-34(49)13-6-4-5-9-25-15-17-30(41)32(21-25)53-24-28(16-18-33(42)48)43-38(51)31-22-27-12-7-10-26-11-8-14-35(50)46(31)36(26)27/h7,10,12,15,17,21,28-29,31,37,47H,4-6,8-9,11,13-14,16,18-20,22-24H2,1-3H3,(H2,42,48)(H,43,51)(H,44,49)/t28-,29+,31-,37+/m0/s1. The van der Waals surface area contributed by atoms with Crippen molar-refractivity contribution in [2.24, 2.45) is 11.1 Å². The average Bonchev–Trinajstić information content (AvgIpc) is 3.68. The first-order valence-corrected chi connectivity index (χ1v) is 19.3. The Labute approximate surface area is 317 Å². The molecule has 5 rings (SSSR count). The number of primary amides is 1. The quantitative estimate of drug-likeness (QED) is 0.188. The van der Waals surface area contributed by atoms with E-state index in [-0.39, 0.29) is 43.1 Å². The van der Waals surface area contributed by atoms with Crippen LogP contribution in [0.2, 0.25) is 5.02 Å². The zero-order valence-electron chi connectivity index (χ0n) is 31.1. The molecule has 2 aromatic carbocycles. The summed E-state index contributed by atoms with van der Waals surface area (Å²) in [4.78, 5) is 67.8. The number of para-hydroxylation sites is 1. The second-order valence-corrected chi connectivity index (χ2v) is 16.1. The summed E-state index contributed by atoms with van der Waals surface area (Å²) in [5.74, 6) is -0.735. The number of nitrogens with one attached hydrogen (secondary N) is 2. The van der Waals surface area contributed by atoms with Crippen molar-refractivity contribution in [3.8, 4) is 5.75 Å². The molecule has 0 radical (unpaired) electrons. The molecule has 0 aromatic heterocycles. The van der Waals surface area contributed by atoms with E-state index in [0.29, 0.717) is 56.0 Å². The fraction of sp³-hybridized carbons (Fsp3) is 0.575. The predicted molar refractivity (Wildman–Crippen MR) is 202 cm³/mol. The Balaban J connectivity index is 1.11. The first-order valence-electron chi connectivity index (χ1n) is 18.9. The normalized spacial score (nSPS) is 19.3. The van der Waals surface area contributed by atoms with Crippen LogP contribution in [0.1, 0.15) is 95.2 Å². The van der Waals surface area contributed by atoms with Gasteiger partial charge in [0.05, 0.1) is 22.9 Å². The third-order valence-corrected chi connectivity index (χ3v) is 10.7. The van der Waals surface area contributed by atoms with Crippen molar-refractivity contribution in [2.45, 2.75) is 122 Å². The number of aliphatic hydroxyl groups is 1. The first-order chi connectivity index (χ1) is 25.2. The van der Waals surface area contributed by atoms with Gasteiger partial charge in [-0.05, 0) is 79.2 Å². The number of benzene rings is 2. The average molecular weight is 752 g/mol. The van der Waals surface area contributed by atoms with Gasteiger partial charge < -0.3 is 31.1 Å². The van der Waals surface area contributed by atoms with Gasteiger partial charge >= 0.3 is 0 Å². The predicted octanol–water partition coefficient (Wildman–Crippen LogP) is 3.99. The van der Waals surface area contributed by atoms with Crippen LogP contribution >= 0.6 is 11.6 Å². The molecule has 3 heterocycles. The minimum atomic E-state index is -0.682.